The number of nitro groups is 1. The van der Waals surface area contributed by atoms with Crippen molar-refractivity contribution in [3.63, 3.8) is 0 Å². The molecule has 2 atom stereocenters. The van der Waals surface area contributed by atoms with Crippen molar-refractivity contribution in [1.29, 1.82) is 0 Å². The molecule has 0 aliphatic carbocycles. The highest BCUT2D eigenvalue weighted by atomic mass is 16.7. The van der Waals surface area contributed by atoms with Crippen molar-refractivity contribution < 1.29 is 14.6 Å². The number of hydrogen-bond donors (Lipinski definition) is 1. The number of nitrogens with one attached hydrogen (secondary N) is 1. The summed E-state index contributed by atoms with van der Waals surface area (Å²) in [7, 11) is 0. The molecule has 2 aliphatic heterocycles. The number of amides is 1. The number of carbonyl (C=O) groups is 1. The molecular formula is C17H12N4O4. The molecule has 25 heavy (non-hydrogen) atoms. The van der Waals surface area contributed by atoms with Gasteiger partial charge in [0.2, 0.25) is 0 Å². The largest absolute Gasteiger partial charge is 0.380 e. The zero-order valence-corrected chi connectivity index (χ0v) is 12.8. The van der Waals surface area contributed by atoms with Crippen molar-refractivity contribution in [1.82, 2.24) is 5.32 Å². The van der Waals surface area contributed by atoms with Crippen LogP contribution in [0, 0.1) is 10.1 Å². The maximum Gasteiger partial charge on any atom is 0.380 e. The van der Waals surface area contributed by atoms with Crippen LogP contribution in [-0.4, -0.2) is 34.1 Å². The van der Waals surface area contributed by atoms with E-state index in [9.17, 15) is 14.9 Å². The van der Waals surface area contributed by atoms with Crippen LogP contribution >= 0.6 is 0 Å². The molecular weight excluding hydrogens is 324 g/mol. The zero-order chi connectivity index (χ0) is 17.4. The summed E-state index contributed by atoms with van der Waals surface area (Å²) in [6.07, 6.45) is 0. The molecule has 2 heterocycles. The second-order valence-corrected chi connectivity index (χ2v) is 5.60. The first-order valence-corrected chi connectivity index (χ1v) is 7.53. The average molecular weight is 336 g/mol. The van der Waals surface area contributed by atoms with Gasteiger partial charge in [-0.15, -0.1) is 0 Å². The lowest BCUT2D eigenvalue weighted by Gasteiger charge is -2.16. The van der Waals surface area contributed by atoms with Crippen LogP contribution in [0.2, 0.25) is 0 Å². The molecule has 0 radical (unpaired) electrons. The van der Waals surface area contributed by atoms with E-state index in [1.165, 1.54) is 0 Å². The van der Waals surface area contributed by atoms with Gasteiger partial charge >= 0.3 is 17.7 Å². The minimum Gasteiger partial charge on any atom is -0.346 e. The minimum atomic E-state index is -2.03. The zero-order valence-electron chi connectivity index (χ0n) is 12.8. The summed E-state index contributed by atoms with van der Waals surface area (Å²) in [5, 5.41) is 18.1. The lowest BCUT2D eigenvalue weighted by molar-refractivity contribution is -0.517. The summed E-state index contributed by atoms with van der Waals surface area (Å²) in [6.45, 7) is 0. The Kier molecular flexibility index (Phi) is 3.31. The van der Waals surface area contributed by atoms with Gasteiger partial charge in [-0.25, -0.2) is 4.99 Å². The van der Waals surface area contributed by atoms with Crippen LogP contribution in [0.25, 0.3) is 0 Å². The Morgan fingerprint density at radius 1 is 1.04 bits per heavy atom. The monoisotopic (exact) mass is 336 g/mol. The molecule has 0 fully saturated rings. The number of amidine groups is 1. The van der Waals surface area contributed by atoms with E-state index in [-0.39, 0.29) is 11.5 Å². The van der Waals surface area contributed by atoms with E-state index in [4.69, 9.17) is 4.84 Å². The number of aliphatic imine (C=N–C) groups is 1. The summed E-state index contributed by atoms with van der Waals surface area (Å²) in [4.78, 5) is 33.2. The van der Waals surface area contributed by atoms with Gasteiger partial charge in [0.15, 0.2) is 5.71 Å². The smallest absolute Gasteiger partial charge is 0.346 e. The van der Waals surface area contributed by atoms with E-state index in [0.29, 0.717) is 11.1 Å². The van der Waals surface area contributed by atoms with Gasteiger partial charge in [-0.2, -0.15) is 0 Å². The predicted molar refractivity (Wildman–Crippen MR) is 88.7 cm³/mol. The number of carbonyl (C=O) groups excluding carboxylic acids is 1. The normalized spacial score (nSPS) is 24.5. The fourth-order valence-corrected chi connectivity index (χ4v) is 2.89. The van der Waals surface area contributed by atoms with Gasteiger partial charge in [-0.3, -0.25) is 14.9 Å². The van der Waals surface area contributed by atoms with Gasteiger partial charge < -0.3 is 10.2 Å². The first-order valence-electron chi connectivity index (χ1n) is 7.53. The van der Waals surface area contributed by atoms with Crippen molar-refractivity contribution in [2.45, 2.75) is 11.8 Å². The van der Waals surface area contributed by atoms with Crippen LogP contribution in [-0.2, 0) is 9.63 Å². The molecule has 2 unspecified atom stereocenters. The third-order valence-electron chi connectivity index (χ3n) is 4.08. The number of oxime groups is 1. The predicted octanol–water partition coefficient (Wildman–Crippen LogP) is 1.34. The van der Waals surface area contributed by atoms with Gasteiger partial charge in [-0.05, 0) is 0 Å². The van der Waals surface area contributed by atoms with Gasteiger partial charge in [0.05, 0.1) is 0 Å². The Balaban J connectivity index is 1.78. The fourth-order valence-electron chi connectivity index (χ4n) is 2.89. The third-order valence-corrected chi connectivity index (χ3v) is 4.08. The van der Waals surface area contributed by atoms with E-state index >= 15 is 0 Å². The number of benzene rings is 2. The molecule has 4 rings (SSSR count). The van der Waals surface area contributed by atoms with Crippen molar-refractivity contribution in [2.24, 2.45) is 10.1 Å². The maximum atomic E-state index is 12.5. The van der Waals surface area contributed by atoms with E-state index in [2.05, 4.69) is 15.5 Å². The van der Waals surface area contributed by atoms with E-state index in [1.54, 1.807) is 54.6 Å². The summed E-state index contributed by atoms with van der Waals surface area (Å²) in [6, 6.07) is 15.9. The SMILES string of the molecule is O=C1NC(c2ccccc2)=NC12ON=C(c1ccccc1)C2[N+](=O)[O-]. The molecule has 124 valence electrons. The Hall–Kier alpha value is -3.55. The van der Waals surface area contributed by atoms with Gasteiger partial charge in [0.25, 0.3) is 0 Å². The topological polar surface area (TPSA) is 106 Å². The highest BCUT2D eigenvalue weighted by Gasteiger charge is 2.66. The van der Waals surface area contributed by atoms with Crippen LogP contribution in [0.1, 0.15) is 11.1 Å². The van der Waals surface area contributed by atoms with Gasteiger partial charge in [0.1, 0.15) is 5.84 Å². The maximum absolute atomic E-state index is 12.5. The second kappa shape index (κ2) is 5.52. The number of hydrogen-bond acceptors (Lipinski definition) is 6. The van der Waals surface area contributed by atoms with Crippen LogP contribution in [0.5, 0.6) is 0 Å². The fraction of sp³-hybridized carbons (Fsp3) is 0.118. The van der Waals surface area contributed by atoms with Crippen LogP contribution in [0.15, 0.2) is 70.8 Å². The molecule has 1 amide bonds. The third kappa shape index (κ3) is 2.26. The molecule has 0 bridgehead atoms. The van der Waals surface area contributed by atoms with E-state index < -0.39 is 22.6 Å². The van der Waals surface area contributed by atoms with E-state index in [0.717, 1.165) is 0 Å². The summed E-state index contributed by atoms with van der Waals surface area (Å²) >= 11 is 0. The molecule has 1 N–H and O–H groups in total. The Morgan fingerprint density at radius 3 is 2.24 bits per heavy atom. The number of nitrogens with zero attached hydrogens (tertiary/aromatic N) is 3. The summed E-state index contributed by atoms with van der Waals surface area (Å²) in [5.41, 5.74) is -0.817. The van der Waals surface area contributed by atoms with Crippen molar-refractivity contribution >= 4 is 17.5 Å². The number of rotatable bonds is 3. The lowest BCUT2D eigenvalue weighted by Crippen LogP contribution is -2.53. The summed E-state index contributed by atoms with van der Waals surface area (Å²) < 4.78 is 0. The Labute approximate surface area is 142 Å². The first kappa shape index (κ1) is 15.0. The quantitative estimate of drug-likeness (QED) is 0.674. The molecule has 1 spiro atoms. The molecule has 2 aromatic rings. The van der Waals surface area contributed by atoms with E-state index in [1.807, 2.05) is 6.07 Å². The Morgan fingerprint density at radius 2 is 1.64 bits per heavy atom. The molecule has 0 saturated carbocycles. The first-order chi connectivity index (χ1) is 12.1. The highest BCUT2D eigenvalue weighted by Crippen LogP contribution is 2.34. The molecule has 0 saturated heterocycles. The lowest BCUT2D eigenvalue weighted by atomic mass is 9.95. The van der Waals surface area contributed by atoms with Crippen LogP contribution in [0.3, 0.4) is 0 Å². The highest BCUT2D eigenvalue weighted by molar-refractivity contribution is 6.18. The van der Waals surface area contributed by atoms with Crippen molar-refractivity contribution in [3.05, 3.63) is 81.9 Å². The van der Waals surface area contributed by atoms with Gasteiger partial charge in [0, 0.05) is 16.1 Å². The van der Waals surface area contributed by atoms with Crippen molar-refractivity contribution in [3.8, 4) is 0 Å². The van der Waals surface area contributed by atoms with Crippen LogP contribution < -0.4 is 5.32 Å². The molecule has 8 nitrogen and oxygen atoms in total. The standard InChI is InChI=1S/C17H12N4O4/c22-16-17(19-15(18-16)12-9-5-2-6-10-12)14(21(23)24)13(20-25-17)11-7-3-1-4-8-11/h1-10,14H,(H,18,19,22). The van der Waals surface area contributed by atoms with Crippen LogP contribution in [0.4, 0.5) is 0 Å². The van der Waals surface area contributed by atoms with Gasteiger partial charge in [-0.1, -0.05) is 65.8 Å². The molecule has 2 aliphatic rings. The van der Waals surface area contributed by atoms with Crippen molar-refractivity contribution in [2.75, 3.05) is 0 Å². The summed E-state index contributed by atoms with van der Waals surface area (Å²) in [5.74, 6) is -0.482. The molecule has 8 heteroatoms. The second-order valence-electron chi connectivity index (χ2n) is 5.60. The Bertz CT molecular complexity index is 911. The molecule has 0 aromatic heterocycles. The average Bonchev–Trinajstić information content (AvgIpc) is 3.18. The molecule has 2 aromatic carbocycles. The minimum absolute atomic E-state index is 0.0683.